The number of carboxylic acids is 1. The van der Waals surface area contributed by atoms with Crippen LogP contribution in [0.1, 0.15) is 19.3 Å². The Morgan fingerprint density at radius 3 is 2.74 bits per heavy atom. The number of amides is 1. The molecule has 1 saturated carbocycles. The maximum absolute atomic E-state index is 12.5. The molecule has 3 aliphatic rings. The van der Waals surface area contributed by atoms with Crippen LogP contribution in [0.5, 0.6) is 0 Å². The van der Waals surface area contributed by atoms with Gasteiger partial charge in [0.1, 0.15) is 0 Å². The minimum atomic E-state index is -0.965. The zero-order valence-corrected chi connectivity index (χ0v) is 10.9. The highest BCUT2D eigenvalue weighted by Crippen LogP contribution is 2.59. The first-order chi connectivity index (χ1) is 9.14. The number of piperidine rings is 1. The molecule has 0 aromatic carbocycles. The number of hydrogen-bond donors (Lipinski definition) is 2. The zero-order valence-electron chi connectivity index (χ0n) is 10.9. The van der Waals surface area contributed by atoms with Crippen LogP contribution in [0.25, 0.3) is 0 Å². The number of nitrogens with one attached hydrogen (secondary N) is 1. The van der Waals surface area contributed by atoms with E-state index in [9.17, 15) is 14.7 Å². The molecule has 3 rings (SSSR count). The number of carboxylic acid groups (broad SMARTS) is 1. The summed E-state index contributed by atoms with van der Waals surface area (Å²) in [4.78, 5) is 25.3. The molecule has 3 fully saturated rings. The van der Waals surface area contributed by atoms with Crippen molar-refractivity contribution in [2.24, 2.45) is 11.3 Å². The molecule has 2 unspecified atom stereocenters. The lowest BCUT2D eigenvalue weighted by Gasteiger charge is -2.34. The van der Waals surface area contributed by atoms with Crippen LogP contribution in [0.2, 0.25) is 0 Å². The van der Waals surface area contributed by atoms with Gasteiger partial charge in [0, 0.05) is 12.5 Å². The van der Waals surface area contributed by atoms with Gasteiger partial charge in [0.15, 0.2) is 6.04 Å². The summed E-state index contributed by atoms with van der Waals surface area (Å²) in [5.74, 6) is -0.903. The summed E-state index contributed by atoms with van der Waals surface area (Å²) in [7, 11) is 0. The van der Waals surface area contributed by atoms with E-state index in [4.69, 9.17) is 4.74 Å². The number of hydrogen-bond acceptors (Lipinski definition) is 4. The van der Waals surface area contributed by atoms with Crippen LogP contribution in [0.4, 0.5) is 0 Å². The fourth-order valence-electron chi connectivity index (χ4n) is 3.45. The predicted octanol–water partition coefficient (Wildman–Crippen LogP) is -0.312. The van der Waals surface area contributed by atoms with E-state index >= 15 is 0 Å². The van der Waals surface area contributed by atoms with Gasteiger partial charge in [-0.1, -0.05) is 0 Å². The van der Waals surface area contributed by atoms with Gasteiger partial charge in [-0.05, 0) is 37.8 Å². The molecule has 0 bridgehead atoms. The second-order valence-electron chi connectivity index (χ2n) is 5.83. The highest BCUT2D eigenvalue weighted by atomic mass is 16.5. The second-order valence-corrected chi connectivity index (χ2v) is 5.83. The standard InChI is InChI=1S/C13H20N2O4/c16-11(9-7-13(9)1-3-14-4-2-13)15-5-6-19-8-10(15)12(17)18/h9-10,14H,1-8H2,(H,17,18). The average molecular weight is 268 g/mol. The van der Waals surface area contributed by atoms with Crippen LogP contribution in [-0.2, 0) is 14.3 Å². The third-order valence-corrected chi connectivity index (χ3v) is 4.78. The summed E-state index contributed by atoms with van der Waals surface area (Å²) in [5, 5.41) is 12.5. The maximum atomic E-state index is 12.5. The molecule has 0 radical (unpaired) electrons. The lowest BCUT2D eigenvalue weighted by molar-refractivity contribution is -0.159. The van der Waals surface area contributed by atoms with Crippen LogP contribution >= 0.6 is 0 Å². The van der Waals surface area contributed by atoms with Crippen LogP contribution in [-0.4, -0.2) is 60.8 Å². The van der Waals surface area contributed by atoms with E-state index in [-0.39, 0.29) is 23.8 Å². The van der Waals surface area contributed by atoms with E-state index in [1.807, 2.05) is 0 Å². The smallest absolute Gasteiger partial charge is 0.328 e. The summed E-state index contributed by atoms with van der Waals surface area (Å²) < 4.78 is 5.18. The quantitative estimate of drug-likeness (QED) is 0.718. The Labute approximate surface area is 112 Å². The molecule has 6 nitrogen and oxygen atoms in total. The maximum Gasteiger partial charge on any atom is 0.328 e. The van der Waals surface area contributed by atoms with Crippen molar-refractivity contribution in [2.45, 2.75) is 25.3 Å². The van der Waals surface area contributed by atoms with Crippen molar-refractivity contribution in [3.63, 3.8) is 0 Å². The van der Waals surface area contributed by atoms with Crippen molar-refractivity contribution >= 4 is 11.9 Å². The van der Waals surface area contributed by atoms with Gasteiger partial charge in [0.25, 0.3) is 0 Å². The molecule has 1 amide bonds. The Hall–Kier alpha value is -1.14. The van der Waals surface area contributed by atoms with E-state index in [0.29, 0.717) is 13.2 Å². The first kappa shape index (κ1) is 12.9. The molecule has 1 aliphatic carbocycles. The molecule has 19 heavy (non-hydrogen) atoms. The molecule has 0 aromatic rings. The molecule has 0 aromatic heterocycles. The van der Waals surface area contributed by atoms with Gasteiger partial charge in [0.2, 0.25) is 5.91 Å². The number of morpholine rings is 1. The van der Waals surface area contributed by atoms with Crippen molar-refractivity contribution in [3.8, 4) is 0 Å². The first-order valence-corrected chi connectivity index (χ1v) is 6.96. The number of aliphatic carboxylic acids is 1. The monoisotopic (exact) mass is 268 g/mol. The van der Waals surface area contributed by atoms with E-state index in [2.05, 4.69) is 5.32 Å². The topological polar surface area (TPSA) is 78.9 Å². The largest absolute Gasteiger partial charge is 0.480 e. The minimum Gasteiger partial charge on any atom is -0.480 e. The number of rotatable bonds is 2. The fourth-order valence-corrected chi connectivity index (χ4v) is 3.45. The number of nitrogens with zero attached hydrogens (tertiary/aromatic N) is 1. The lowest BCUT2D eigenvalue weighted by atomic mass is 9.91. The summed E-state index contributed by atoms with van der Waals surface area (Å²) in [5.41, 5.74) is 0.156. The normalized spacial score (nSPS) is 33.2. The number of carbonyl (C=O) groups excluding carboxylic acids is 1. The highest BCUT2D eigenvalue weighted by molar-refractivity contribution is 5.87. The van der Waals surface area contributed by atoms with E-state index < -0.39 is 12.0 Å². The average Bonchev–Trinajstić information content (AvgIpc) is 3.12. The van der Waals surface area contributed by atoms with Crippen LogP contribution in [0.3, 0.4) is 0 Å². The third-order valence-electron chi connectivity index (χ3n) is 4.78. The van der Waals surface area contributed by atoms with Gasteiger partial charge in [-0.15, -0.1) is 0 Å². The van der Waals surface area contributed by atoms with Gasteiger partial charge >= 0.3 is 5.97 Å². The Morgan fingerprint density at radius 1 is 1.32 bits per heavy atom. The number of ether oxygens (including phenoxy) is 1. The van der Waals surface area contributed by atoms with Crippen molar-refractivity contribution < 1.29 is 19.4 Å². The third kappa shape index (κ3) is 2.23. The van der Waals surface area contributed by atoms with Gasteiger partial charge in [-0.2, -0.15) is 0 Å². The van der Waals surface area contributed by atoms with Crippen molar-refractivity contribution in [1.82, 2.24) is 10.2 Å². The highest BCUT2D eigenvalue weighted by Gasteiger charge is 2.59. The molecule has 2 aliphatic heterocycles. The van der Waals surface area contributed by atoms with Gasteiger partial charge in [-0.25, -0.2) is 4.79 Å². The lowest BCUT2D eigenvalue weighted by Crippen LogP contribution is -2.53. The molecule has 1 spiro atoms. The molecule has 2 saturated heterocycles. The van der Waals surface area contributed by atoms with Crippen LogP contribution in [0, 0.1) is 11.3 Å². The first-order valence-electron chi connectivity index (χ1n) is 6.96. The summed E-state index contributed by atoms with van der Waals surface area (Å²) in [6, 6.07) is -0.805. The van der Waals surface area contributed by atoms with E-state index in [1.165, 1.54) is 4.90 Å². The van der Waals surface area contributed by atoms with E-state index in [1.54, 1.807) is 0 Å². The minimum absolute atomic E-state index is 0.0256. The molecular formula is C13H20N2O4. The SMILES string of the molecule is O=C(O)C1COCCN1C(=O)C1CC12CCNCC2. The van der Waals surface area contributed by atoms with Crippen molar-refractivity contribution in [1.29, 1.82) is 0 Å². The molecule has 106 valence electrons. The summed E-state index contributed by atoms with van der Waals surface area (Å²) in [6.45, 7) is 2.89. The predicted molar refractivity (Wildman–Crippen MR) is 66.6 cm³/mol. The number of carbonyl (C=O) groups is 2. The Kier molecular flexibility index (Phi) is 3.22. The molecule has 2 atom stereocenters. The summed E-state index contributed by atoms with van der Waals surface area (Å²) in [6.07, 6.45) is 2.99. The molecular weight excluding hydrogens is 248 g/mol. The van der Waals surface area contributed by atoms with Crippen LogP contribution < -0.4 is 5.32 Å². The fraction of sp³-hybridized carbons (Fsp3) is 0.846. The van der Waals surface area contributed by atoms with Crippen molar-refractivity contribution in [3.05, 3.63) is 0 Å². The Bertz CT molecular complexity index is 392. The molecule has 2 heterocycles. The van der Waals surface area contributed by atoms with Gasteiger partial charge < -0.3 is 20.1 Å². The van der Waals surface area contributed by atoms with E-state index in [0.717, 1.165) is 32.4 Å². The van der Waals surface area contributed by atoms with Crippen molar-refractivity contribution in [2.75, 3.05) is 32.8 Å². The Balaban J connectivity index is 1.68. The summed E-state index contributed by atoms with van der Waals surface area (Å²) >= 11 is 0. The Morgan fingerprint density at radius 2 is 2.05 bits per heavy atom. The molecule has 2 N–H and O–H groups in total. The zero-order chi connectivity index (χ0) is 13.5. The second kappa shape index (κ2) is 4.76. The van der Waals surface area contributed by atoms with Gasteiger partial charge in [-0.3, -0.25) is 4.79 Å². The molecule has 6 heteroatoms. The van der Waals surface area contributed by atoms with Gasteiger partial charge in [0.05, 0.1) is 13.2 Å². The van der Waals surface area contributed by atoms with Crippen LogP contribution in [0.15, 0.2) is 0 Å².